The molecule has 0 aliphatic heterocycles. The van der Waals surface area contributed by atoms with Gasteiger partial charge in [0.15, 0.2) is 0 Å². The third-order valence-corrected chi connectivity index (χ3v) is 5.07. The minimum atomic E-state index is -0.177. The van der Waals surface area contributed by atoms with Gasteiger partial charge in [-0.1, -0.05) is 23.7 Å². The van der Waals surface area contributed by atoms with Gasteiger partial charge in [0.1, 0.15) is 18.2 Å². The third kappa shape index (κ3) is 5.05. The van der Waals surface area contributed by atoms with Crippen LogP contribution in [0.3, 0.4) is 0 Å². The minimum Gasteiger partial charge on any atom is -0.492 e. The Kier molecular flexibility index (Phi) is 6.21. The van der Waals surface area contributed by atoms with E-state index in [0.29, 0.717) is 23.1 Å². The molecule has 0 spiro atoms. The first kappa shape index (κ1) is 20.9. The molecule has 0 saturated carbocycles. The molecule has 0 amide bonds. The number of hydrogen-bond donors (Lipinski definition) is 2. The highest BCUT2D eigenvalue weighted by molar-refractivity contribution is 6.30. The van der Waals surface area contributed by atoms with Crippen LogP contribution in [0.25, 0.3) is 33.9 Å². The van der Waals surface area contributed by atoms with Crippen molar-refractivity contribution in [2.45, 2.75) is 0 Å². The summed E-state index contributed by atoms with van der Waals surface area (Å²) in [7, 11) is 4.03. The van der Waals surface area contributed by atoms with Gasteiger partial charge in [0.2, 0.25) is 5.56 Å². The number of imidazole rings is 1. The fourth-order valence-electron chi connectivity index (χ4n) is 3.19. The van der Waals surface area contributed by atoms with Crippen LogP contribution in [0.1, 0.15) is 0 Å². The molecule has 2 N–H and O–H groups in total. The zero-order chi connectivity index (χ0) is 21.8. The molecule has 2 heterocycles. The Morgan fingerprint density at radius 1 is 0.968 bits per heavy atom. The largest absolute Gasteiger partial charge is 0.492 e. The number of nitrogens with zero attached hydrogens (tertiary/aromatic N) is 2. The number of aromatic nitrogens is 3. The molecule has 0 atom stereocenters. The molecule has 0 aliphatic carbocycles. The van der Waals surface area contributed by atoms with Crippen molar-refractivity contribution in [3.63, 3.8) is 0 Å². The molecule has 2 aromatic carbocycles. The molecule has 0 saturated heterocycles. The lowest BCUT2D eigenvalue weighted by Gasteiger charge is -2.11. The molecule has 158 valence electrons. The van der Waals surface area contributed by atoms with Gasteiger partial charge < -0.3 is 19.6 Å². The fraction of sp³-hybridized carbons (Fsp3) is 0.167. The molecular weight excluding hydrogens is 412 g/mol. The smallest absolute Gasteiger partial charge is 0.248 e. The number of rotatable bonds is 7. The number of likely N-dealkylation sites (N-methyl/N-ethyl adjacent to an activating group) is 1. The van der Waals surface area contributed by atoms with Crippen molar-refractivity contribution in [2.24, 2.45) is 0 Å². The number of aromatic amines is 2. The molecule has 6 nitrogen and oxygen atoms in total. The molecule has 31 heavy (non-hydrogen) atoms. The van der Waals surface area contributed by atoms with Gasteiger partial charge in [-0.15, -0.1) is 0 Å². The molecule has 7 heteroatoms. The van der Waals surface area contributed by atoms with Crippen LogP contribution < -0.4 is 10.3 Å². The van der Waals surface area contributed by atoms with E-state index in [0.717, 1.165) is 34.7 Å². The number of benzene rings is 2. The quantitative estimate of drug-likeness (QED) is 0.442. The van der Waals surface area contributed by atoms with Crippen LogP contribution in [0.4, 0.5) is 0 Å². The summed E-state index contributed by atoms with van der Waals surface area (Å²) in [4.78, 5) is 24.8. The number of halogens is 1. The number of H-pyrrole nitrogens is 2. The van der Waals surface area contributed by atoms with Gasteiger partial charge in [-0.05, 0) is 56.6 Å². The van der Waals surface area contributed by atoms with Crippen LogP contribution in [0, 0.1) is 0 Å². The molecule has 4 rings (SSSR count). The summed E-state index contributed by atoms with van der Waals surface area (Å²) in [5.74, 6) is 1.52. The fourth-order valence-corrected chi connectivity index (χ4v) is 3.32. The Labute approximate surface area is 185 Å². The normalized spacial score (nSPS) is 11.1. The highest BCUT2D eigenvalue weighted by atomic mass is 35.5. The first-order chi connectivity index (χ1) is 15.0. The van der Waals surface area contributed by atoms with Crippen LogP contribution in [0.15, 0.2) is 71.7 Å². The standard InChI is InChI=1S/C24H23ClN4O2/c1-29(2)13-14-31-20-9-5-17(6-10-20)24-27-22(16-3-7-19(25)8-4-16)23(28-24)18-11-12-26-21(30)15-18/h3-12,15H,13-14H2,1-2H3,(H,26,30)(H,27,28). The van der Waals surface area contributed by atoms with Gasteiger partial charge in [-0.3, -0.25) is 4.79 Å². The first-order valence-corrected chi connectivity index (χ1v) is 10.3. The van der Waals surface area contributed by atoms with E-state index in [9.17, 15) is 4.79 Å². The molecule has 0 radical (unpaired) electrons. The van der Waals surface area contributed by atoms with Gasteiger partial charge in [-0.25, -0.2) is 4.98 Å². The number of hydrogen-bond acceptors (Lipinski definition) is 4. The van der Waals surface area contributed by atoms with Crippen molar-refractivity contribution < 1.29 is 4.74 Å². The lowest BCUT2D eigenvalue weighted by Crippen LogP contribution is -2.19. The lowest BCUT2D eigenvalue weighted by molar-refractivity contribution is 0.261. The second-order valence-corrected chi connectivity index (χ2v) is 7.87. The van der Waals surface area contributed by atoms with Crippen LogP contribution in [-0.2, 0) is 0 Å². The van der Waals surface area contributed by atoms with Crippen molar-refractivity contribution in [3.8, 4) is 39.7 Å². The SMILES string of the molecule is CN(C)CCOc1ccc(-c2nc(-c3cc[nH]c(=O)c3)c(-c3ccc(Cl)cc3)[nH]2)cc1. The summed E-state index contributed by atoms with van der Waals surface area (Å²) in [6.45, 7) is 1.48. The first-order valence-electron chi connectivity index (χ1n) is 9.92. The van der Waals surface area contributed by atoms with E-state index in [4.69, 9.17) is 21.3 Å². The zero-order valence-electron chi connectivity index (χ0n) is 17.4. The van der Waals surface area contributed by atoms with E-state index >= 15 is 0 Å². The number of ether oxygens (including phenoxy) is 1. The predicted molar refractivity (Wildman–Crippen MR) is 125 cm³/mol. The lowest BCUT2D eigenvalue weighted by atomic mass is 10.1. The topological polar surface area (TPSA) is 74.0 Å². The second kappa shape index (κ2) is 9.20. The van der Waals surface area contributed by atoms with Crippen LogP contribution in [0.2, 0.25) is 5.02 Å². The maximum Gasteiger partial charge on any atom is 0.248 e. The maximum absolute atomic E-state index is 11.9. The van der Waals surface area contributed by atoms with E-state index in [-0.39, 0.29) is 5.56 Å². The van der Waals surface area contributed by atoms with Gasteiger partial charge in [0.05, 0.1) is 11.4 Å². The van der Waals surface area contributed by atoms with Crippen molar-refractivity contribution in [3.05, 3.63) is 82.2 Å². The molecule has 0 fully saturated rings. The minimum absolute atomic E-state index is 0.177. The highest BCUT2D eigenvalue weighted by Gasteiger charge is 2.16. The summed E-state index contributed by atoms with van der Waals surface area (Å²) in [5, 5.41) is 0.658. The number of pyridine rings is 1. The van der Waals surface area contributed by atoms with Crippen molar-refractivity contribution in [1.82, 2.24) is 19.9 Å². The third-order valence-electron chi connectivity index (χ3n) is 4.82. The van der Waals surface area contributed by atoms with Crippen LogP contribution >= 0.6 is 11.6 Å². The summed E-state index contributed by atoms with van der Waals surface area (Å²) in [6.07, 6.45) is 1.62. The summed E-state index contributed by atoms with van der Waals surface area (Å²) in [5.41, 5.74) is 3.94. The van der Waals surface area contributed by atoms with Crippen molar-refractivity contribution in [1.29, 1.82) is 0 Å². The molecule has 0 unspecified atom stereocenters. The monoisotopic (exact) mass is 434 g/mol. The molecule has 2 aromatic heterocycles. The van der Waals surface area contributed by atoms with E-state index in [2.05, 4.69) is 14.9 Å². The van der Waals surface area contributed by atoms with Gasteiger partial charge in [0, 0.05) is 40.5 Å². The van der Waals surface area contributed by atoms with Gasteiger partial charge >= 0.3 is 0 Å². The van der Waals surface area contributed by atoms with Gasteiger partial charge in [0.25, 0.3) is 0 Å². The number of nitrogens with one attached hydrogen (secondary N) is 2. The summed E-state index contributed by atoms with van der Waals surface area (Å²) in [6, 6.07) is 18.7. The highest BCUT2D eigenvalue weighted by Crippen LogP contribution is 2.33. The van der Waals surface area contributed by atoms with E-state index < -0.39 is 0 Å². The Balaban J connectivity index is 1.69. The van der Waals surface area contributed by atoms with Crippen LogP contribution in [0.5, 0.6) is 5.75 Å². The van der Waals surface area contributed by atoms with Gasteiger partial charge in [-0.2, -0.15) is 0 Å². The Hall–Kier alpha value is -3.35. The predicted octanol–water partition coefficient (Wildman–Crippen LogP) is 4.69. The average Bonchev–Trinajstić information content (AvgIpc) is 3.20. The van der Waals surface area contributed by atoms with E-state index in [1.54, 1.807) is 12.3 Å². The molecule has 0 aliphatic rings. The molecule has 4 aromatic rings. The average molecular weight is 435 g/mol. The Morgan fingerprint density at radius 2 is 1.68 bits per heavy atom. The van der Waals surface area contributed by atoms with Crippen LogP contribution in [-0.4, -0.2) is 47.1 Å². The Bertz CT molecular complexity index is 1210. The molecular formula is C24H23ClN4O2. The maximum atomic E-state index is 11.9. The van der Waals surface area contributed by atoms with Crippen molar-refractivity contribution in [2.75, 3.05) is 27.2 Å². The Morgan fingerprint density at radius 3 is 2.35 bits per heavy atom. The van der Waals surface area contributed by atoms with Crippen molar-refractivity contribution >= 4 is 11.6 Å². The second-order valence-electron chi connectivity index (χ2n) is 7.43. The summed E-state index contributed by atoms with van der Waals surface area (Å²) >= 11 is 6.06. The van der Waals surface area contributed by atoms with E-state index in [1.165, 1.54) is 0 Å². The zero-order valence-corrected chi connectivity index (χ0v) is 18.1. The molecule has 0 bridgehead atoms. The van der Waals surface area contributed by atoms with E-state index in [1.807, 2.05) is 68.7 Å². The summed E-state index contributed by atoms with van der Waals surface area (Å²) < 4.78 is 5.78.